The number of hydrogen-bond acceptors (Lipinski definition) is 4. The monoisotopic (exact) mass is 483 g/mol. The number of carbonyl (C=O) groups is 2. The molecular formula is C27H27Cl2NO3. The molecule has 5 rings (SSSR count). The van der Waals surface area contributed by atoms with E-state index in [1.54, 1.807) is 18.2 Å². The van der Waals surface area contributed by atoms with Crippen LogP contribution in [0.4, 0.5) is 0 Å². The van der Waals surface area contributed by atoms with Gasteiger partial charge in [-0.3, -0.25) is 9.59 Å². The summed E-state index contributed by atoms with van der Waals surface area (Å²) in [6, 6.07) is 8.91. The summed E-state index contributed by atoms with van der Waals surface area (Å²) in [5, 5.41) is 4.60. The van der Waals surface area contributed by atoms with E-state index in [1.807, 2.05) is 12.1 Å². The molecule has 1 N–H and O–H groups in total. The Balaban J connectivity index is 1.67. The standard InChI is InChI=1S/C27H27Cl2NO3/c1-26(2)10-17-23(19(31)12-26)25(24-18(30-17)11-27(3,4)13-20(24)32)22-8-7-21(33-22)15-9-14(28)5-6-16(15)29/h5-9,25,30H,10-13H2,1-4H3. The first-order chi connectivity index (χ1) is 15.4. The SMILES string of the molecule is CC1(C)CC(=O)C2=C(C1)NC1=C(C(=O)CC(C)(C)C1)C2c1ccc(-c2cc(Cl)ccc2Cl)o1. The first-order valence-corrected chi connectivity index (χ1v) is 12.0. The minimum atomic E-state index is -0.504. The van der Waals surface area contributed by atoms with Gasteiger partial charge in [-0.2, -0.15) is 0 Å². The summed E-state index contributed by atoms with van der Waals surface area (Å²) >= 11 is 12.6. The van der Waals surface area contributed by atoms with Crippen LogP contribution >= 0.6 is 23.2 Å². The maximum absolute atomic E-state index is 13.4. The van der Waals surface area contributed by atoms with E-state index >= 15 is 0 Å². The highest BCUT2D eigenvalue weighted by atomic mass is 35.5. The molecule has 33 heavy (non-hydrogen) atoms. The van der Waals surface area contributed by atoms with Crippen molar-refractivity contribution in [1.82, 2.24) is 5.32 Å². The van der Waals surface area contributed by atoms with Crippen LogP contribution in [0.2, 0.25) is 10.0 Å². The van der Waals surface area contributed by atoms with Crippen molar-refractivity contribution in [3.05, 3.63) is 68.7 Å². The second-order valence-corrected chi connectivity index (χ2v) is 11.9. The highest BCUT2D eigenvalue weighted by Crippen LogP contribution is 2.51. The summed E-state index contributed by atoms with van der Waals surface area (Å²) in [7, 11) is 0. The van der Waals surface area contributed by atoms with Gasteiger partial charge in [0.25, 0.3) is 0 Å². The molecule has 0 radical (unpaired) electrons. The third kappa shape index (κ3) is 3.98. The molecular weight excluding hydrogens is 457 g/mol. The molecule has 0 fully saturated rings. The van der Waals surface area contributed by atoms with Crippen LogP contribution in [-0.4, -0.2) is 11.6 Å². The second kappa shape index (κ2) is 7.61. The van der Waals surface area contributed by atoms with Crippen molar-refractivity contribution in [2.24, 2.45) is 10.8 Å². The van der Waals surface area contributed by atoms with E-state index in [2.05, 4.69) is 33.0 Å². The molecule has 2 aromatic rings. The van der Waals surface area contributed by atoms with Crippen molar-refractivity contribution in [1.29, 1.82) is 0 Å². The van der Waals surface area contributed by atoms with Gasteiger partial charge in [-0.25, -0.2) is 0 Å². The van der Waals surface area contributed by atoms with Gasteiger partial charge in [0.05, 0.1) is 10.9 Å². The van der Waals surface area contributed by atoms with E-state index in [0.717, 1.165) is 24.2 Å². The zero-order valence-electron chi connectivity index (χ0n) is 19.3. The minimum Gasteiger partial charge on any atom is -0.460 e. The normalized spacial score (nSPS) is 22.2. The smallest absolute Gasteiger partial charge is 0.162 e. The number of Topliss-reactive ketones (excluding diaryl/α,β-unsaturated/α-hetero) is 2. The van der Waals surface area contributed by atoms with Crippen molar-refractivity contribution >= 4 is 34.8 Å². The van der Waals surface area contributed by atoms with Crippen LogP contribution in [0.15, 0.2) is 57.3 Å². The van der Waals surface area contributed by atoms with E-state index in [0.29, 0.717) is 51.1 Å². The molecule has 0 bridgehead atoms. The van der Waals surface area contributed by atoms with Crippen LogP contribution < -0.4 is 5.32 Å². The number of hydrogen-bond donors (Lipinski definition) is 1. The molecule has 4 nitrogen and oxygen atoms in total. The average Bonchev–Trinajstić information content (AvgIpc) is 3.16. The molecule has 0 saturated carbocycles. The summed E-state index contributed by atoms with van der Waals surface area (Å²) in [5.41, 5.74) is 3.58. The maximum atomic E-state index is 13.4. The first-order valence-electron chi connectivity index (χ1n) is 11.3. The van der Waals surface area contributed by atoms with Crippen molar-refractivity contribution in [3.8, 4) is 11.3 Å². The Morgan fingerprint density at radius 2 is 1.42 bits per heavy atom. The zero-order valence-corrected chi connectivity index (χ0v) is 20.8. The van der Waals surface area contributed by atoms with Crippen LogP contribution in [0.1, 0.15) is 65.1 Å². The number of allylic oxidation sites excluding steroid dienone is 4. The van der Waals surface area contributed by atoms with Gasteiger partial charge in [-0.1, -0.05) is 50.9 Å². The highest BCUT2D eigenvalue weighted by Gasteiger charge is 2.47. The number of furan rings is 1. The lowest BCUT2D eigenvalue weighted by Crippen LogP contribution is -2.42. The van der Waals surface area contributed by atoms with Crippen molar-refractivity contribution in [2.75, 3.05) is 0 Å². The Bertz CT molecular complexity index is 1210. The molecule has 0 amide bonds. The summed E-state index contributed by atoms with van der Waals surface area (Å²) in [6.07, 6.45) is 2.40. The number of carbonyl (C=O) groups excluding carboxylic acids is 2. The number of rotatable bonds is 2. The van der Waals surface area contributed by atoms with Crippen molar-refractivity contribution < 1.29 is 14.0 Å². The second-order valence-electron chi connectivity index (χ2n) is 11.1. The Morgan fingerprint density at radius 1 is 0.848 bits per heavy atom. The van der Waals surface area contributed by atoms with Crippen LogP contribution in [0, 0.1) is 10.8 Å². The van der Waals surface area contributed by atoms with Gasteiger partial charge in [0.15, 0.2) is 11.6 Å². The van der Waals surface area contributed by atoms with Gasteiger partial charge >= 0.3 is 0 Å². The quantitative estimate of drug-likeness (QED) is 0.489. The lowest BCUT2D eigenvalue weighted by atomic mass is 9.65. The Labute approximate surface area is 204 Å². The molecule has 1 aromatic heterocycles. The molecule has 0 saturated heterocycles. The summed E-state index contributed by atoms with van der Waals surface area (Å²) in [5.74, 6) is 0.787. The Morgan fingerprint density at radius 3 is 2.00 bits per heavy atom. The number of benzene rings is 1. The van der Waals surface area contributed by atoms with Gasteiger partial charge in [-0.15, -0.1) is 0 Å². The summed E-state index contributed by atoms with van der Waals surface area (Å²) in [4.78, 5) is 26.8. The molecule has 6 heteroatoms. The number of ketones is 2. The molecule has 2 heterocycles. The fourth-order valence-electron chi connectivity index (χ4n) is 5.51. The average molecular weight is 484 g/mol. The number of nitrogens with one attached hydrogen (secondary N) is 1. The molecule has 0 spiro atoms. The molecule has 0 atom stereocenters. The lowest BCUT2D eigenvalue weighted by Gasteiger charge is -2.43. The molecule has 1 aliphatic heterocycles. The number of dihydropyridines is 1. The van der Waals surface area contributed by atoms with Gasteiger partial charge in [0, 0.05) is 46.0 Å². The lowest BCUT2D eigenvalue weighted by molar-refractivity contribution is -0.119. The zero-order chi connectivity index (χ0) is 23.7. The third-order valence-corrected chi connectivity index (χ3v) is 7.39. The summed E-state index contributed by atoms with van der Waals surface area (Å²) < 4.78 is 6.30. The van der Waals surface area contributed by atoms with Gasteiger partial charge in [0.2, 0.25) is 0 Å². The van der Waals surface area contributed by atoms with E-state index in [9.17, 15) is 9.59 Å². The summed E-state index contributed by atoms with van der Waals surface area (Å²) in [6.45, 7) is 8.43. The Hall–Kier alpha value is -2.30. The topological polar surface area (TPSA) is 59.3 Å². The fourth-order valence-corrected chi connectivity index (χ4v) is 5.90. The number of halogens is 2. The van der Waals surface area contributed by atoms with Crippen LogP contribution in [0.25, 0.3) is 11.3 Å². The fraction of sp³-hybridized carbons (Fsp3) is 0.407. The molecule has 172 valence electrons. The highest BCUT2D eigenvalue weighted by molar-refractivity contribution is 6.35. The maximum Gasteiger partial charge on any atom is 0.162 e. The molecule has 2 aliphatic carbocycles. The molecule has 0 unspecified atom stereocenters. The van der Waals surface area contributed by atoms with Gasteiger partial charge in [0.1, 0.15) is 11.5 Å². The van der Waals surface area contributed by atoms with E-state index < -0.39 is 5.92 Å². The minimum absolute atomic E-state index is 0.0710. The molecule has 1 aromatic carbocycles. The molecule has 3 aliphatic rings. The third-order valence-electron chi connectivity index (χ3n) is 6.82. The first kappa shape index (κ1) is 22.5. The van der Waals surface area contributed by atoms with Crippen LogP contribution in [-0.2, 0) is 9.59 Å². The van der Waals surface area contributed by atoms with Gasteiger partial charge in [-0.05, 0) is 54.0 Å². The largest absolute Gasteiger partial charge is 0.460 e. The van der Waals surface area contributed by atoms with Gasteiger partial charge < -0.3 is 9.73 Å². The van der Waals surface area contributed by atoms with Crippen LogP contribution in [0.5, 0.6) is 0 Å². The van der Waals surface area contributed by atoms with Crippen molar-refractivity contribution in [2.45, 2.75) is 59.3 Å². The predicted octanol–water partition coefficient (Wildman–Crippen LogP) is 7.23. The Kier molecular flexibility index (Phi) is 5.19. The van der Waals surface area contributed by atoms with E-state index in [4.69, 9.17) is 27.6 Å². The van der Waals surface area contributed by atoms with Crippen LogP contribution in [0.3, 0.4) is 0 Å². The predicted molar refractivity (Wildman–Crippen MR) is 130 cm³/mol. The van der Waals surface area contributed by atoms with E-state index in [-0.39, 0.29) is 22.4 Å². The van der Waals surface area contributed by atoms with E-state index in [1.165, 1.54) is 0 Å². The van der Waals surface area contributed by atoms with Crippen molar-refractivity contribution in [3.63, 3.8) is 0 Å².